The Kier molecular flexibility index (Phi) is 6.09. The van der Waals surface area contributed by atoms with Crippen molar-refractivity contribution in [2.24, 2.45) is 23.7 Å². The predicted molar refractivity (Wildman–Crippen MR) is 133 cm³/mol. The molecule has 1 amide bonds. The molecule has 4 nitrogen and oxygen atoms in total. The van der Waals surface area contributed by atoms with Crippen LogP contribution in [0.1, 0.15) is 51.2 Å². The van der Waals surface area contributed by atoms with E-state index in [4.69, 9.17) is 4.74 Å². The zero-order chi connectivity index (χ0) is 23.9. The highest BCUT2D eigenvalue weighted by Crippen LogP contribution is 2.61. The molecule has 4 heteroatoms. The number of benzene rings is 2. The lowest BCUT2D eigenvalue weighted by atomic mass is 9.75. The fourth-order valence-corrected chi connectivity index (χ4v) is 6.40. The van der Waals surface area contributed by atoms with Crippen molar-refractivity contribution in [3.05, 3.63) is 83.9 Å². The maximum absolute atomic E-state index is 14.1. The second-order valence-electron chi connectivity index (χ2n) is 10.8. The van der Waals surface area contributed by atoms with Crippen LogP contribution in [-0.4, -0.2) is 28.9 Å². The predicted octanol–water partition coefficient (Wildman–Crippen LogP) is 5.53. The van der Waals surface area contributed by atoms with Crippen LogP contribution >= 0.6 is 0 Å². The molecule has 1 heterocycles. The van der Waals surface area contributed by atoms with Gasteiger partial charge in [-0.25, -0.2) is 0 Å². The summed E-state index contributed by atoms with van der Waals surface area (Å²) in [6.07, 6.45) is 6.71. The minimum absolute atomic E-state index is 0.0398. The molecule has 0 aromatic heterocycles. The Bertz CT molecular complexity index is 1060. The minimum atomic E-state index is -0.846. The smallest absolute Gasteiger partial charge is 0.319 e. The fraction of sp³-hybridized carbons (Fsp3) is 0.467. The summed E-state index contributed by atoms with van der Waals surface area (Å²) < 4.78 is 6.43. The van der Waals surface area contributed by atoms with Gasteiger partial charge in [0.25, 0.3) is 0 Å². The summed E-state index contributed by atoms with van der Waals surface area (Å²) in [4.78, 5) is 29.1. The molecule has 2 fully saturated rings. The van der Waals surface area contributed by atoms with Gasteiger partial charge in [-0.1, -0.05) is 93.9 Å². The maximum atomic E-state index is 14.1. The topological polar surface area (TPSA) is 46.6 Å². The van der Waals surface area contributed by atoms with Crippen LogP contribution in [0.4, 0.5) is 0 Å². The van der Waals surface area contributed by atoms with Crippen LogP contribution in [0.25, 0.3) is 0 Å². The number of hydrogen-bond donors (Lipinski definition) is 0. The molecule has 0 spiro atoms. The molecule has 2 saturated carbocycles. The lowest BCUT2D eigenvalue weighted by Crippen LogP contribution is -2.42. The van der Waals surface area contributed by atoms with Gasteiger partial charge in [-0.15, -0.1) is 0 Å². The van der Waals surface area contributed by atoms with E-state index in [1.807, 2.05) is 71.6 Å². The SMILES string of the molecule is CC1CCC(C(C)C)C(OC(=O)C2(c3ccccc3)C3C=CC(=O)N(Cc4ccccc4)C32)C1. The highest BCUT2D eigenvalue weighted by molar-refractivity contribution is 5.97. The first-order valence-corrected chi connectivity index (χ1v) is 12.7. The molecule has 0 N–H and O–H groups in total. The molecule has 6 unspecified atom stereocenters. The monoisotopic (exact) mass is 457 g/mol. The van der Waals surface area contributed by atoms with Crippen LogP contribution in [0, 0.1) is 23.7 Å². The van der Waals surface area contributed by atoms with Crippen molar-refractivity contribution in [3.63, 3.8) is 0 Å². The third-order valence-corrected chi connectivity index (χ3v) is 8.29. The molecule has 1 aliphatic heterocycles. The molecule has 0 radical (unpaired) electrons. The van der Waals surface area contributed by atoms with Crippen LogP contribution < -0.4 is 0 Å². The zero-order valence-electron chi connectivity index (χ0n) is 20.4. The third kappa shape index (κ3) is 3.87. The number of esters is 1. The van der Waals surface area contributed by atoms with Crippen LogP contribution in [0.15, 0.2) is 72.8 Å². The summed E-state index contributed by atoms with van der Waals surface area (Å²) in [7, 11) is 0. The Balaban J connectivity index is 1.49. The van der Waals surface area contributed by atoms with Crippen LogP contribution in [0.5, 0.6) is 0 Å². The lowest BCUT2D eigenvalue weighted by Gasteiger charge is -2.37. The van der Waals surface area contributed by atoms with Crippen LogP contribution in [0.3, 0.4) is 0 Å². The second kappa shape index (κ2) is 9.05. The molecule has 178 valence electrons. The first-order valence-electron chi connectivity index (χ1n) is 12.7. The van der Waals surface area contributed by atoms with E-state index in [2.05, 4.69) is 20.8 Å². The molecular weight excluding hydrogens is 422 g/mol. The van der Waals surface area contributed by atoms with Crippen molar-refractivity contribution in [1.82, 2.24) is 4.90 Å². The van der Waals surface area contributed by atoms with Gasteiger partial charge in [0.15, 0.2) is 0 Å². The number of carbonyl (C=O) groups excluding carboxylic acids is 2. The summed E-state index contributed by atoms with van der Waals surface area (Å²) in [5, 5.41) is 0. The highest BCUT2D eigenvalue weighted by Gasteiger charge is 2.74. The van der Waals surface area contributed by atoms with Crippen molar-refractivity contribution in [2.75, 3.05) is 0 Å². The molecule has 0 saturated heterocycles. The molecule has 6 atom stereocenters. The number of amides is 1. The van der Waals surface area contributed by atoms with Gasteiger partial charge in [-0.05, 0) is 47.8 Å². The molecule has 2 aromatic rings. The van der Waals surface area contributed by atoms with Crippen molar-refractivity contribution in [3.8, 4) is 0 Å². The summed E-state index contributed by atoms with van der Waals surface area (Å²) >= 11 is 0. The van der Waals surface area contributed by atoms with Crippen molar-refractivity contribution in [1.29, 1.82) is 0 Å². The van der Waals surface area contributed by atoms with Gasteiger partial charge < -0.3 is 9.64 Å². The maximum Gasteiger partial charge on any atom is 0.319 e. The van der Waals surface area contributed by atoms with Crippen molar-refractivity contribution < 1.29 is 14.3 Å². The summed E-state index contributed by atoms with van der Waals surface area (Å²) in [6, 6.07) is 19.7. The fourth-order valence-electron chi connectivity index (χ4n) is 6.40. The Labute approximate surface area is 203 Å². The molecule has 2 aliphatic carbocycles. The van der Waals surface area contributed by atoms with Gasteiger partial charge in [0.05, 0.1) is 6.04 Å². The number of hydrogen-bond acceptors (Lipinski definition) is 3. The van der Waals surface area contributed by atoms with Crippen molar-refractivity contribution in [2.45, 2.75) is 64.1 Å². The summed E-state index contributed by atoms with van der Waals surface area (Å²) in [6.45, 7) is 7.20. The van der Waals surface area contributed by atoms with E-state index >= 15 is 0 Å². The largest absolute Gasteiger partial charge is 0.461 e. The van der Waals surface area contributed by atoms with E-state index in [1.165, 1.54) is 6.42 Å². The molecule has 34 heavy (non-hydrogen) atoms. The van der Waals surface area contributed by atoms with Gasteiger partial charge in [0.1, 0.15) is 11.5 Å². The Morgan fingerprint density at radius 2 is 1.74 bits per heavy atom. The number of nitrogens with zero attached hydrogens (tertiary/aromatic N) is 1. The first kappa shape index (κ1) is 22.9. The zero-order valence-corrected chi connectivity index (χ0v) is 20.4. The Hall–Kier alpha value is -2.88. The second-order valence-corrected chi connectivity index (χ2v) is 10.8. The van der Waals surface area contributed by atoms with Crippen molar-refractivity contribution >= 4 is 11.9 Å². The quantitative estimate of drug-likeness (QED) is 0.536. The number of ether oxygens (including phenoxy) is 1. The van der Waals surface area contributed by atoms with Gasteiger partial charge >= 0.3 is 5.97 Å². The number of fused-ring (bicyclic) bond motifs is 1. The van der Waals surface area contributed by atoms with Gasteiger partial charge in [-0.2, -0.15) is 0 Å². The van der Waals surface area contributed by atoms with E-state index in [0.29, 0.717) is 24.3 Å². The third-order valence-electron chi connectivity index (χ3n) is 8.29. The van der Waals surface area contributed by atoms with E-state index in [9.17, 15) is 9.59 Å². The molecular formula is C30H35NO3. The highest BCUT2D eigenvalue weighted by atomic mass is 16.5. The summed E-state index contributed by atoms with van der Waals surface area (Å²) in [5.74, 6) is 1.13. The lowest BCUT2D eigenvalue weighted by molar-refractivity contribution is -0.160. The minimum Gasteiger partial charge on any atom is -0.461 e. The number of carbonyl (C=O) groups is 2. The number of rotatable bonds is 6. The van der Waals surface area contributed by atoms with E-state index < -0.39 is 5.41 Å². The van der Waals surface area contributed by atoms with Gasteiger partial charge in [0, 0.05) is 12.5 Å². The van der Waals surface area contributed by atoms with E-state index in [1.54, 1.807) is 6.08 Å². The Morgan fingerprint density at radius 3 is 2.41 bits per heavy atom. The van der Waals surface area contributed by atoms with Crippen LogP contribution in [0.2, 0.25) is 0 Å². The molecule has 2 aromatic carbocycles. The Morgan fingerprint density at radius 1 is 1.06 bits per heavy atom. The van der Waals surface area contributed by atoms with Gasteiger partial charge in [0.2, 0.25) is 5.91 Å². The summed E-state index contributed by atoms with van der Waals surface area (Å²) in [5.41, 5.74) is 1.16. The standard InChI is InChI=1S/C30H35NO3/c1-20(2)24-15-14-21(3)18-26(24)34-29(33)30(23-12-8-5-9-13-23)25-16-17-27(32)31(28(25)30)19-22-10-6-4-7-11-22/h4-13,16-17,20-21,24-26,28H,14-15,18-19H2,1-3H3. The molecule has 0 bridgehead atoms. The first-order chi connectivity index (χ1) is 16.4. The average Bonchev–Trinajstić information content (AvgIpc) is 3.52. The molecule has 5 rings (SSSR count). The van der Waals surface area contributed by atoms with Gasteiger partial charge in [-0.3, -0.25) is 9.59 Å². The average molecular weight is 458 g/mol. The van der Waals surface area contributed by atoms with E-state index in [0.717, 1.165) is 24.0 Å². The van der Waals surface area contributed by atoms with Crippen LogP contribution in [-0.2, 0) is 26.3 Å². The van der Waals surface area contributed by atoms with E-state index in [-0.39, 0.29) is 29.9 Å². The normalized spacial score (nSPS) is 32.4. The molecule has 3 aliphatic rings.